The van der Waals surface area contributed by atoms with Crippen molar-refractivity contribution in [3.8, 4) is 5.75 Å². The molecule has 0 aliphatic heterocycles. The molecule has 0 fully saturated rings. The van der Waals surface area contributed by atoms with Crippen molar-refractivity contribution in [2.24, 2.45) is 4.99 Å². The number of amides is 1. The predicted molar refractivity (Wildman–Crippen MR) is 141 cm³/mol. The number of nitro benzene ring substituents is 1. The maximum absolute atomic E-state index is 13.5. The van der Waals surface area contributed by atoms with E-state index in [9.17, 15) is 14.9 Å². The van der Waals surface area contributed by atoms with Gasteiger partial charge in [-0.15, -0.1) is 11.3 Å². The first kappa shape index (κ1) is 24.6. The number of aryl methyl sites for hydroxylation is 3. The topological polar surface area (TPSA) is 93.8 Å². The molecule has 2 aromatic carbocycles. The highest BCUT2D eigenvalue weighted by Gasteiger charge is 2.24. The Bertz CT molecular complexity index is 1280. The number of thiophene rings is 1. The second-order valence-corrected chi connectivity index (χ2v) is 9.96. The Morgan fingerprint density at radius 2 is 1.80 bits per heavy atom. The number of rotatable bonds is 6. The number of ether oxygens (including phenoxy) is 1. The first-order valence-electron chi connectivity index (χ1n) is 11.8. The highest BCUT2D eigenvalue weighted by atomic mass is 32.1. The summed E-state index contributed by atoms with van der Waals surface area (Å²) in [5.41, 5.74) is 5.08. The molecule has 1 aromatic heterocycles. The van der Waals surface area contributed by atoms with Crippen LogP contribution in [0.4, 0.5) is 16.4 Å². The number of nitrogens with one attached hydrogen (secondary N) is 1. The molecule has 1 N–H and O–H groups in total. The number of methoxy groups -OCH3 is 1. The summed E-state index contributed by atoms with van der Waals surface area (Å²) in [6.07, 6.45) is 7.86. The molecular formula is C27H29N3O4S. The number of carbonyl (C=O) groups excluding carboxylic acids is 1. The minimum Gasteiger partial charge on any atom is -0.490 e. The van der Waals surface area contributed by atoms with Gasteiger partial charge in [-0.25, -0.2) is 4.99 Å². The van der Waals surface area contributed by atoms with Crippen molar-refractivity contribution in [3.63, 3.8) is 0 Å². The normalized spacial score (nSPS) is 13.7. The zero-order chi connectivity index (χ0) is 24.9. The standard InChI is InChI=1S/C27H29N3O4S/c1-17-12-18(2)14-20(13-17)29-26(31)25-21-8-6-4-5-7-9-24(21)35-27(25)28-16-19-10-11-23(34-3)22(15-19)30(32)33/h10-16H,4-9H2,1-3H3,(H,29,31). The van der Waals surface area contributed by atoms with E-state index in [-0.39, 0.29) is 17.3 Å². The van der Waals surface area contributed by atoms with Crippen molar-refractivity contribution in [3.05, 3.63) is 79.2 Å². The fourth-order valence-electron chi connectivity index (χ4n) is 4.53. The van der Waals surface area contributed by atoms with E-state index in [1.807, 2.05) is 26.0 Å². The average molecular weight is 492 g/mol. The van der Waals surface area contributed by atoms with Crippen molar-refractivity contribution < 1.29 is 14.5 Å². The Morgan fingerprint density at radius 1 is 1.09 bits per heavy atom. The molecule has 1 aliphatic carbocycles. The number of hydrogen-bond acceptors (Lipinski definition) is 6. The molecule has 0 radical (unpaired) electrons. The molecule has 0 saturated heterocycles. The fourth-order valence-corrected chi connectivity index (χ4v) is 5.76. The summed E-state index contributed by atoms with van der Waals surface area (Å²) >= 11 is 1.55. The Kier molecular flexibility index (Phi) is 7.60. The van der Waals surface area contributed by atoms with Gasteiger partial charge in [0.2, 0.25) is 0 Å². The molecule has 0 unspecified atom stereocenters. The number of hydrogen-bond donors (Lipinski definition) is 1. The van der Waals surface area contributed by atoms with Gasteiger partial charge in [0.15, 0.2) is 5.75 Å². The first-order valence-corrected chi connectivity index (χ1v) is 12.6. The number of carbonyl (C=O) groups is 1. The van der Waals surface area contributed by atoms with Gasteiger partial charge in [-0.1, -0.05) is 18.9 Å². The lowest BCUT2D eigenvalue weighted by molar-refractivity contribution is -0.385. The third-order valence-electron chi connectivity index (χ3n) is 6.09. The van der Waals surface area contributed by atoms with Crippen molar-refractivity contribution >= 4 is 39.8 Å². The monoisotopic (exact) mass is 491 g/mol. The number of benzene rings is 2. The molecule has 1 aliphatic rings. The molecule has 0 saturated carbocycles. The van der Waals surface area contributed by atoms with Crippen LogP contribution in [0.15, 0.2) is 41.4 Å². The van der Waals surface area contributed by atoms with E-state index in [0.717, 1.165) is 54.5 Å². The number of nitrogens with zero attached hydrogens (tertiary/aromatic N) is 2. The Morgan fingerprint density at radius 3 is 2.49 bits per heavy atom. The molecule has 7 nitrogen and oxygen atoms in total. The van der Waals surface area contributed by atoms with Gasteiger partial charge in [0.1, 0.15) is 5.00 Å². The highest BCUT2D eigenvalue weighted by molar-refractivity contribution is 7.16. The summed E-state index contributed by atoms with van der Waals surface area (Å²) in [5, 5.41) is 15.1. The van der Waals surface area contributed by atoms with Gasteiger partial charge in [-0.3, -0.25) is 14.9 Å². The summed E-state index contributed by atoms with van der Waals surface area (Å²) < 4.78 is 5.09. The number of nitro groups is 1. The molecule has 0 bridgehead atoms. The zero-order valence-corrected chi connectivity index (χ0v) is 21.0. The molecular weight excluding hydrogens is 462 g/mol. The van der Waals surface area contributed by atoms with E-state index in [1.54, 1.807) is 29.7 Å². The first-order chi connectivity index (χ1) is 16.9. The van der Waals surface area contributed by atoms with Crippen LogP contribution in [-0.4, -0.2) is 24.2 Å². The predicted octanol–water partition coefficient (Wildman–Crippen LogP) is 6.94. The Hall–Kier alpha value is -3.52. The van der Waals surface area contributed by atoms with Crippen molar-refractivity contribution in [1.29, 1.82) is 0 Å². The van der Waals surface area contributed by atoms with E-state index >= 15 is 0 Å². The lowest BCUT2D eigenvalue weighted by Gasteiger charge is -2.12. The molecule has 182 valence electrons. The second-order valence-electron chi connectivity index (χ2n) is 8.88. The summed E-state index contributed by atoms with van der Waals surface area (Å²) in [6.45, 7) is 4.01. The summed E-state index contributed by atoms with van der Waals surface area (Å²) in [6, 6.07) is 10.7. The SMILES string of the molecule is COc1ccc(C=Nc2sc3c(c2C(=O)Nc2cc(C)cc(C)c2)CCCCCC3)cc1[N+](=O)[O-]. The van der Waals surface area contributed by atoms with Gasteiger partial charge in [0.25, 0.3) is 5.91 Å². The van der Waals surface area contributed by atoms with E-state index in [0.29, 0.717) is 16.1 Å². The van der Waals surface area contributed by atoms with Crippen LogP contribution in [0.5, 0.6) is 5.75 Å². The minimum absolute atomic E-state index is 0.123. The van der Waals surface area contributed by atoms with Crippen LogP contribution in [0, 0.1) is 24.0 Å². The van der Waals surface area contributed by atoms with Crippen LogP contribution >= 0.6 is 11.3 Å². The molecule has 8 heteroatoms. The lowest BCUT2D eigenvalue weighted by atomic mass is 9.96. The molecule has 35 heavy (non-hydrogen) atoms. The van der Waals surface area contributed by atoms with Crippen LogP contribution < -0.4 is 10.1 Å². The van der Waals surface area contributed by atoms with Crippen molar-refractivity contribution in [2.45, 2.75) is 52.4 Å². The highest BCUT2D eigenvalue weighted by Crippen LogP contribution is 2.39. The lowest BCUT2D eigenvalue weighted by Crippen LogP contribution is -2.14. The Labute approximate surface area is 209 Å². The van der Waals surface area contributed by atoms with Crippen LogP contribution in [0.2, 0.25) is 0 Å². The number of aliphatic imine (C=N–C) groups is 1. The van der Waals surface area contributed by atoms with Crippen LogP contribution in [-0.2, 0) is 12.8 Å². The van der Waals surface area contributed by atoms with E-state index in [4.69, 9.17) is 4.74 Å². The number of anilines is 1. The maximum Gasteiger partial charge on any atom is 0.311 e. The third-order valence-corrected chi connectivity index (χ3v) is 7.29. The van der Waals surface area contributed by atoms with Gasteiger partial charge in [0, 0.05) is 22.8 Å². The largest absolute Gasteiger partial charge is 0.490 e. The second kappa shape index (κ2) is 10.8. The van der Waals surface area contributed by atoms with E-state index in [2.05, 4.69) is 16.4 Å². The van der Waals surface area contributed by atoms with Gasteiger partial charge in [0.05, 0.1) is 17.6 Å². The van der Waals surface area contributed by atoms with Crippen LogP contribution in [0.3, 0.4) is 0 Å². The maximum atomic E-state index is 13.5. The molecule has 1 heterocycles. The summed E-state index contributed by atoms with van der Waals surface area (Å²) in [4.78, 5) is 30.3. The Balaban J connectivity index is 1.72. The van der Waals surface area contributed by atoms with Gasteiger partial charge >= 0.3 is 5.69 Å². The van der Waals surface area contributed by atoms with Gasteiger partial charge in [-0.2, -0.15) is 0 Å². The molecule has 3 aromatic rings. The van der Waals surface area contributed by atoms with Crippen LogP contribution in [0.1, 0.15) is 63.2 Å². The number of fused-ring (bicyclic) bond motifs is 1. The fraction of sp³-hybridized carbons (Fsp3) is 0.333. The minimum atomic E-state index is -0.476. The van der Waals surface area contributed by atoms with Crippen molar-refractivity contribution in [1.82, 2.24) is 0 Å². The van der Waals surface area contributed by atoms with Crippen molar-refractivity contribution in [2.75, 3.05) is 12.4 Å². The van der Waals surface area contributed by atoms with E-state index < -0.39 is 4.92 Å². The van der Waals surface area contributed by atoms with Crippen LogP contribution in [0.25, 0.3) is 0 Å². The quantitative estimate of drug-likeness (QED) is 0.229. The third kappa shape index (κ3) is 5.77. The average Bonchev–Trinajstić information content (AvgIpc) is 3.13. The zero-order valence-electron chi connectivity index (χ0n) is 20.2. The molecule has 4 rings (SSSR count). The smallest absolute Gasteiger partial charge is 0.311 e. The molecule has 0 atom stereocenters. The summed E-state index contributed by atoms with van der Waals surface area (Å²) in [5.74, 6) is 0.0284. The molecule has 1 amide bonds. The summed E-state index contributed by atoms with van der Waals surface area (Å²) in [7, 11) is 1.40. The van der Waals surface area contributed by atoms with Gasteiger partial charge in [-0.05, 0) is 86.1 Å². The molecule has 0 spiro atoms. The van der Waals surface area contributed by atoms with E-state index in [1.165, 1.54) is 24.5 Å². The van der Waals surface area contributed by atoms with Gasteiger partial charge < -0.3 is 10.1 Å².